The molecule has 0 spiro atoms. The summed E-state index contributed by atoms with van der Waals surface area (Å²) in [6.45, 7) is 4.11. The van der Waals surface area contributed by atoms with Crippen LogP contribution in [0.3, 0.4) is 0 Å². The lowest BCUT2D eigenvalue weighted by atomic mass is 10.1. The van der Waals surface area contributed by atoms with E-state index in [4.69, 9.17) is 10.8 Å². The predicted octanol–water partition coefficient (Wildman–Crippen LogP) is 1.81. The molecule has 0 aliphatic heterocycles. The molecule has 2 heterocycles. The highest BCUT2D eigenvalue weighted by atomic mass is 16.4. The van der Waals surface area contributed by atoms with Crippen LogP contribution in [0, 0.1) is 5.92 Å². The quantitative estimate of drug-likeness (QED) is 0.847. The van der Waals surface area contributed by atoms with Gasteiger partial charge in [0.2, 0.25) is 0 Å². The van der Waals surface area contributed by atoms with Crippen molar-refractivity contribution in [2.75, 3.05) is 5.73 Å². The van der Waals surface area contributed by atoms with E-state index in [1.807, 2.05) is 0 Å². The van der Waals surface area contributed by atoms with E-state index in [9.17, 15) is 4.79 Å². The Morgan fingerprint density at radius 1 is 1.53 bits per heavy atom. The third kappa shape index (κ3) is 1.95. The van der Waals surface area contributed by atoms with Crippen molar-refractivity contribution in [2.45, 2.75) is 20.3 Å². The van der Waals surface area contributed by atoms with Crippen LogP contribution in [0.4, 0.5) is 5.82 Å². The molecule has 0 radical (unpaired) electrons. The molecule has 2 aromatic rings. The van der Waals surface area contributed by atoms with E-state index in [-0.39, 0.29) is 5.69 Å². The Kier molecular flexibility index (Phi) is 2.75. The van der Waals surface area contributed by atoms with Gasteiger partial charge in [0.15, 0.2) is 5.69 Å². The van der Waals surface area contributed by atoms with Crippen molar-refractivity contribution >= 4 is 17.3 Å². The monoisotopic (exact) mass is 233 g/mol. The summed E-state index contributed by atoms with van der Waals surface area (Å²) in [6, 6.07) is 5.19. The molecule has 0 atom stereocenters. The number of aromatic nitrogens is 2. The number of rotatable bonds is 3. The van der Waals surface area contributed by atoms with E-state index < -0.39 is 5.97 Å². The van der Waals surface area contributed by atoms with Crippen molar-refractivity contribution in [2.24, 2.45) is 5.92 Å². The zero-order chi connectivity index (χ0) is 12.6. The summed E-state index contributed by atoms with van der Waals surface area (Å²) in [7, 11) is 0. The van der Waals surface area contributed by atoms with E-state index in [1.54, 1.807) is 22.6 Å². The summed E-state index contributed by atoms with van der Waals surface area (Å²) in [4.78, 5) is 15.3. The van der Waals surface area contributed by atoms with Crippen molar-refractivity contribution in [3.05, 3.63) is 29.7 Å². The molecule has 5 nitrogen and oxygen atoms in total. The van der Waals surface area contributed by atoms with Gasteiger partial charge < -0.3 is 10.8 Å². The fraction of sp³-hybridized carbons (Fsp3) is 0.333. The SMILES string of the molecule is CC(C)Cc1nc(C(=O)O)c2cccc(N)n12. The molecule has 2 rings (SSSR count). The lowest BCUT2D eigenvalue weighted by Crippen LogP contribution is -2.04. The first kappa shape index (κ1) is 11.4. The van der Waals surface area contributed by atoms with Gasteiger partial charge >= 0.3 is 5.97 Å². The van der Waals surface area contributed by atoms with Crippen LogP contribution in [-0.4, -0.2) is 20.5 Å². The summed E-state index contributed by atoms with van der Waals surface area (Å²) in [6.07, 6.45) is 0.697. The minimum absolute atomic E-state index is 0.0629. The van der Waals surface area contributed by atoms with Crippen LogP contribution in [0.15, 0.2) is 18.2 Å². The molecule has 0 unspecified atom stereocenters. The normalized spacial score (nSPS) is 11.2. The summed E-state index contributed by atoms with van der Waals surface area (Å²) in [5.74, 6) is 0.577. The number of carboxylic acid groups (broad SMARTS) is 1. The van der Waals surface area contributed by atoms with E-state index >= 15 is 0 Å². The van der Waals surface area contributed by atoms with Crippen LogP contribution in [-0.2, 0) is 6.42 Å². The minimum Gasteiger partial charge on any atom is -0.476 e. The Labute approximate surface area is 98.9 Å². The van der Waals surface area contributed by atoms with E-state index in [0.29, 0.717) is 29.5 Å². The van der Waals surface area contributed by atoms with Crippen molar-refractivity contribution in [3.8, 4) is 0 Å². The van der Waals surface area contributed by atoms with Crippen molar-refractivity contribution in [1.29, 1.82) is 0 Å². The van der Waals surface area contributed by atoms with Gasteiger partial charge in [0, 0.05) is 6.42 Å². The molecule has 0 aromatic carbocycles. The Morgan fingerprint density at radius 3 is 2.82 bits per heavy atom. The van der Waals surface area contributed by atoms with Crippen LogP contribution in [0.2, 0.25) is 0 Å². The number of pyridine rings is 1. The maximum Gasteiger partial charge on any atom is 0.356 e. The van der Waals surface area contributed by atoms with Gasteiger partial charge in [-0.05, 0) is 18.1 Å². The standard InChI is InChI=1S/C12H15N3O2/c1-7(2)6-10-14-11(12(16)17)8-4-3-5-9(13)15(8)10/h3-5,7H,6,13H2,1-2H3,(H,16,17). The topological polar surface area (TPSA) is 80.6 Å². The largest absolute Gasteiger partial charge is 0.476 e. The third-order valence-corrected chi connectivity index (χ3v) is 2.56. The number of hydrogen-bond acceptors (Lipinski definition) is 3. The van der Waals surface area contributed by atoms with Crippen LogP contribution in [0.1, 0.15) is 30.2 Å². The van der Waals surface area contributed by atoms with Gasteiger partial charge in [-0.3, -0.25) is 4.40 Å². The highest BCUT2D eigenvalue weighted by Crippen LogP contribution is 2.19. The molecule has 0 bridgehead atoms. The smallest absolute Gasteiger partial charge is 0.356 e. The predicted molar refractivity (Wildman–Crippen MR) is 65.1 cm³/mol. The molecule has 0 aliphatic carbocycles. The van der Waals surface area contributed by atoms with E-state index in [1.165, 1.54) is 0 Å². The lowest BCUT2D eigenvalue weighted by molar-refractivity contribution is 0.0693. The molecular weight excluding hydrogens is 218 g/mol. The van der Waals surface area contributed by atoms with Crippen molar-refractivity contribution in [1.82, 2.24) is 9.38 Å². The maximum atomic E-state index is 11.1. The van der Waals surface area contributed by atoms with Gasteiger partial charge in [-0.15, -0.1) is 0 Å². The fourth-order valence-corrected chi connectivity index (χ4v) is 1.89. The molecular formula is C12H15N3O2. The van der Waals surface area contributed by atoms with Gasteiger partial charge in [0.1, 0.15) is 11.6 Å². The summed E-state index contributed by atoms with van der Waals surface area (Å²) >= 11 is 0. The molecule has 0 saturated heterocycles. The number of hydrogen-bond donors (Lipinski definition) is 2. The van der Waals surface area contributed by atoms with Crippen molar-refractivity contribution in [3.63, 3.8) is 0 Å². The molecule has 5 heteroatoms. The number of nitrogen functional groups attached to an aromatic ring is 1. The minimum atomic E-state index is -1.02. The number of carboxylic acids is 1. The number of nitrogens with zero attached hydrogens (tertiary/aromatic N) is 2. The first-order valence-corrected chi connectivity index (χ1v) is 5.49. The van der Waals surface area contributed by atoms with Crippen molar-refractivity contribution < 1.29 is 9.90 Å². The zero-order valence-electron chi connectivity index (χ0n) is 9.84. The van der Waals surface area contributed by atoms with Gasteiger partial charge in [-0.25, -0.2) is 9.78 Å². The van der Waals surface area contributed by atoms with Crippen LogP contribution < -0.4 is 5.73 Å². The van der Waals surface area contributed by atoms with Gasteiger partial charge in [0.05, 0.1) is 5.52 Å². The molecule has 3 N–H and O–H groups in total. The number of aromatic carboxylic acids is 1. The second kappa shape index (κ2) is 4.08. The number of fused-ring (bicyclic) bond motifs is 1. The highest BCUT2D eigenvalue weighted by Gasteiger charge is 2.18. The number of imidazole rings is 1. The summed E-state index contributed by atoms with van der Waals surface area (Å²) < 4.78 is 1.71. The molecule has 0 fully saturated rings. The summed E-state index contributed by atoms with van der Waals surface area (Å²) in [5.41, 5.74) is 6.49. The first-order chi connectivity index (χ1) is 8.00. The maximum absolute atomic E-state index is 11.1. The van der Waals surface area contributed by atoms with Crippen LogP contribution in [0.25, 0.3) is 5.52 Å². The average molecular weight is 233 g/mol. The first-order valence-electron chi connectivity index (χ1n) is 5.49. The van der Waals surface area contributed by atoms with Crippen LogP contribution >= 0.6 is 0 Å². The second-order valence-corrected chi connectivity index (χ2v) is 4.45. The number of carbonyl (C=O) groups is 1. The lowest BCUT2D eigenvalue weighted by Gasteiger charge is -2.06. The fourth-order valence-electron chi connectivity index (χ4n) is 1.89. The van der Waals surface area contributed by atoms with Gasteiger partial charge in [-0.1, -0.05) is 19.9 Å². The Bertz CT molecular complexity index is 572. The molecule has 0 amide bonds. The van der Waals surface area contributed by atoms with Crippen LogP contribution in [0.5, 0.6) is 0 Å². The highest BCUT2D eigenvalue weighted by molar-refractivity contribution is 5.94. The molecule has 0 saturated carbocycles. The Morgan fingerprint density at radius 2 is 2.24 bits per heavy atom. The number of nitrogens with two attached hydrogens (primary N) is 1. The van der Waals surface area contributed by atoms with Gasteiger partial charge in [0.25, 0.3) is 0 Å². The summed E-state index contributed by atoms with van der Waals surface area (Å²) in [5, 5.41) is 9.10. The van der Waals surface area contributed by atoms with Gasteiger partial charge in [-0.2, -0.15) is 0 Å². The second-order valence-electron chi connectivity index (χ2n) is 4.45. The Balaban J connectivity index is 2.71. The Hall–Kier alpha value is -2.04. The molecule has 0 aliphatic rings. The molecule has 90 valence electrons. The van der Waals surface area contributed by atoms with E-state index in [0.717, 1.165) is 0 Å². The number of anilines is 1. The third-order valence-electron chi connectivity index (χ3n) is 2.56. The molecule has 17 heavy (non-hydrogen) atoms. The zero-order valence-corrected chi connectivity index (χ0v) is 9.84. The van der Waals surface area contributed by atoms with E-state index in [2.05, 4.69) is 18.8 Å². The molecule has 2 aromatic heterocycles. The average Bonchev–Trinajstić information content (AvgIpc) is 2.57.